The fourth-order valence-corrected chi connectivity index (χ4v) is 5.91. The number of benzene rings is 4. The summed E-state index contributed by atoms with van der Waals surface area (Å²) in [6.45, 7) is -0.282. The Bertz CT molecular complexity index is 2060. The van der Waals surface area contributed by atoms with E-state index < -0.39 is 17.2 Å². The largest absolute Gasteiger partial charge is 0.336 e. The number of anilines is 1. The molecular formula is C34H28N4O4S. The highest BCUT2D eigenvalue weighted by atomic mass is 32.1. The van der Waals surface area contributed by atoms with Crippen molar-refractivity contribution in [2.75, 3.05) is 5.32 Å². The van der Waals surface area contributed by atoms with E-state index in [1.807, 2.05) is 30.3 Å². The highest BCUT2D eigenvalue weighted by Crippen LogP contribution is 2.22. The summed E-state index contributed by atoms with van der Waals surface area (Å²) in [4.78, 5) is 57.1. The summed E-state index contributed by atoms with van der Waals surface area (Å²) in [5.41, 5.74) is 4.84. The SMILES string of the molecule is O=C(CCCc1ccccc1)Cc1ccc(-n2c(=O)c3ccccc3n(CC(=O)Nc3ccc4ncsc4c3)c2=O)cc1. The van der Waals surface area contributed by atoms with Gasteiger partial charge in [-0.1, -0.05) is 54.6 Å². The fourth-order valence-electron chi connectivity index (χ4n) is 5.19. The average molecular weight is 589 g/mol. The first-order valence-corrected chi connectivity index (χ1v) is 14.9. The van der Waals surface area contributed by atoms with Gasteiger partial charge in [0.2, 0.25) is 5.91 Å². The Labute approximate surface area is 250 Å². The third-order valence-corrected chi connectivity index (χ3v) is 8.12. The number of rotatable bonds is 10. The van der Waals surface area contributed by atoms with Gasteiger partial charge in [-0.25, -0.2) is 14.3 Å². The van der Waals surface area contributed by atoms with Gasteiger partial charge in [-0.2, -0.15) is 0 Å². The molecule has 214 valence electrons. The zero-order valence-corrected chi connectivity index (χ0v) is 24.0. The molecule has 0 atom stereocenters. The third kappa shape index (κ3) is 6.22. The molecule has 0 unspecified atom stereocenters. The van der Waals surface area contributed by atoms with Gasteiger partial charge in [-0.05, 0) is 66.4 Å². The summed E-state index contributed by atoms with van der Waals surface area (Å²) in [5, 5.41) is 3.17. The van der Waals surface area contributed by atoms with Crippen LogP contribution in [0.15, 0.2) is 112 Å². The van der Waals surface area contributed by atoms with Gasteiger partial charge in [0.1, 0.15) is 12.3 Å². The minimum atomic E-state index is -0.624. The number of aromatic nitrogens is 3. The smallest absolute Gasteiger partial charge is 0.324 e. The number of nitrogens with one attached hydrogen (secondary N) is 1. The van der Waals surface area contributed by atoms with Crippen LogP contribution in [0.4, 0.5) is 5.69 Å². The highest BCUT2D eigenvalue weighted by Gasteiger charge is 2.17. The Balaban J connectivity index is 1.21. The molecule has 0 spiro atoms. The molecule has 8 nitrogen and oxygen atoms in total. The van der Waals surface area contributed by atoms with Crippen LogP contribution < -0.4 is 16.6 Å². The molecule has 6 aromatic rings. The first-order chi connectivity index (χ1) is 21.0. The second-order valence-corrected chi connectivity index (χ2v) is 11.2. The molecule has 0 saturated carbocycles. The Morgan fingerprint density at radius 2 is 1.60 bits per heavy atom. The van der Waals surface area contributed by atoms with Crippen molar-refractivity contribution >= 4 is 49.8 Å². The van der Waals surface area contributed by atoms with Crippen LogP contribution in [-0.2, 0) is 29.0 Å². The number of amides is 1. The third-order valence-electron chi connectivity index (χ3n) is 7.33. The van der Waals surface area contributed by atoms with Crippen LogP contribution in [0.1, 0.15) is 24.0 Å². The summed E-state index contributed by atoms with van der Waals surface area (Å²) >= 11 is 1.47. The lowest BCUT2D eigenvalue weighted by molar-refractivity contribution is -0.118. The Hall–Kier alpha value is -5.15. The molecule has 0 bridgehead atoms. The molecule has 2 aromatic heterocycles. The fraction of sp³-hybridized carbons (Fsp3) is 0.147. The summed E-state index contributed by atoms with van der Waals surface area (Å²) in [7, 11) is 0. The van der Waals surface area contributed by atoms with E-state index in [0.29, 0.717) is 28.7 Å². The van der Waals surface area contributed by atoms with E-state index in [2.05, 4.69) is 22.4 Å². The maximum absolute atomic E-state index is 13.7. The van der Waals surface area contributed by atoms with Crippen molar-refractivity contribution in [3.8, 4) is 5.69 Å². The quantitative estimate of drug-likeness (QED) is 0.227. The number of para-hydroxylation sites is 1. The second-order valence-electron chi connectivity index (χ2n) is 10.3. The molecule has 1 N–H and O–H groups in total. The lowest BCUT2D eigenvalue weighted by Crippen LogP contribution is -2.40. The predicted octanol–water partition coefficient (Wildman–Crippen LogP) is 5.54. The van der Waals surface area contributed by atoms with E-state index in [4.69, 9.17) is 0 Å². The van der Waals surface area contributed by atoms with Crippen molar-refractivity contribution in [2.45, 2.75) is 32.2 Å². The number of Topliss-reactive ketones (excluding diaryl/α,β-unsaturated/α-hetero) is 1. The Morgan fingerprint density at radius 1 is 0.837 bits per heavy atom. The summed E-state index contributed by atoms with van der Waals surface area (Å²) in [6.07, 6.45) is 2.38. The molecule has 9 heteroatoms. The standard InChI is InChI=1S/C34H28N4O4S/c39-27(10-6-9-23-7-2-1-3-8-23)19-24-13-16-26(17-14-24)38-33(41)28-11-4-5-12-30(28)37(34(38)42)21-32(40)36-25-15-18-29-31(20-25)43-22-35-29/h1-5,7-8,11-18,20,22H,6,9-10,19,21H2,(H,36,40). The van der Waals surface area contributed by atoms with Crippen LogP contribution in [0.3, 0.4) is 0 Å². The van der Waals surface area contributed by atoms with E-state index in [9.17, 15) is 19.2 Å². The molecular weight excluding hydrogens is 560 g/mol. The van der Waals surface area contributed by atoms with E-state index in [1.165, 1.54) is 21.5 Å². The van der Waals surface area contributed by atoms with Crippen LogP contribution in [0, 0.1) is 0 Å². The van der Waals surface area contributed by atoms with Gasteiger partial charge >= 0.3 is 5.69 Å². The number of nitrogens with zero attached hydrogens (tertiary/aromatic N) is 3. The number of carbonyl (C=O) groups is 2. The van der Waals surface area contributed by atoms with E-state index >= 15 is 0 Å². The molecule has 6 rings (SSSR count). The molecule has 0 aliphatic rings. The number of fused-ring (bicyclic) bond motifs is 2. The maximum atomic E-state index is 13.7. The monoisotopic (exact) mass is 588 g/mol. The maximum Gasteiger partial charge on any atom is 0.336 e. The summed E-state index contributed by atoms with van der Waals surface area (Å²) in [6, 6.07) is 29.1. The number of hydrogen-bond acceptors (Lipinski definition) is 6. The second kappa shape index (κ2) is 12.4. The van der Waals surface area contributed by atoms with Gasteiger partial charge in [-0.3, -0.25) is 19.0 Å². The molecule has 1 amide bonds. The number of hydrogen-bond donors (Lipinski definition) is 1. The van der Waals surface area contributed by atoms with Crippen LogP contribution in [0.5, 0.6) is 0 Å². The lowest BCUT2D eigenvalue weighted by Gasteiger charge is -2.14. The molecule has 2 heterocycles. The Kier molecular flexibility index (Phi) is 8.06. The zero-order valence-electron chi connectivity index (χ0n) is 23.2. The topological polar surface area (TPSA) is 103 Å². The molecule has 0 aliphatic heterocycles. The number of thiazole rings is 1. The van der Waals surface area contributed by atoms with Crippen molar-refractivity contribution < 1.29 is 9.59 Å². The summed E-state index contributed by atoms with van der Waals surface area (Å²) < 4.78 is 3.32. The average Bonchev–Trinajstić information content (AvgIpc) is 3.49. The molecule has 0 radical (unpaired) electrons. The number of ketones is 1. The molecule has 0 aliphatic carbocycles. The van der Waals surface area contributed by atoms with Crippen molar-refractivity contribution in [3.63, 3.8) is 0 Å². The first kappa shape index (κ1) is 28.0. The lowest BCUT2D eigenvalue weighted by atomic mass is 10.0. The van der Waals surface area contributed by atoms with E-state index in [1.54, 1.807) is 60.1 Å². The van der Waals surface area contributed by atoms with E-state index in [-0.39, 0.29) is 18.7 Å². The van der Waals surface area contributed by atoms with Gasteiger partial charge in [-0.15, -0.1) is 11.3 Å². The van der Waals surface area contributed by atoms with Crippen molar-refractivity contribution in [1.29, 1.82) is 0 Å². The zero-order chi connectivity index (χ0) is 29.8. The van der Waals surface area contributed by atoms with Crippen molar-refractivity contribution in [3.05, 3.63) is 135 Å². The van der Waals surface area contributed by atoms with Gasteiger partial charge < -0.3 is 5.32 Å². The van der Waals surface area contributed by atoms with Crippen molar-refractivity contribution in [2.24, 2.45) is 0 Å². The molecule has 4 aromatic carbocycles. The minimum Gasteiger partial charge on any atom is -0.324 e. The van der Waals surface area contributed by atoms with Gasteiger partial charge in [0.15, 0.2) is 0 Å². The minimum absolute atomic E-state index is 0.134. The highest BCUT2D eigenvalue weighted by molar-refractivity contribution is 7.16. The predicted molar refractivity (Wildman–Crippen MR) is 170 cm³/mol. The van der Waals surface area contributed by atoms with Crippen molar-refractivity contribution in [1.82, 2.24) is 14.1 Å². The van der Waals surface area contributed by atoms with Crippen LogP contribution in [0.25, 0.3) is 26.8 Å². The molecule has 0 fully saturated rings. The molecule has 0 saturated heterocycles. The molecule has 43 heavy (non-hydrogen) atoms. The van der Waals surface area contributed by atoms with Crippen LogP contribution >= 0.6 is 11.3 Å². The van der Waals surface area contributed by atoms with Gasteiger partial charge in [0.25, 0.3) is 5.56 Å². The van der Waals surface area contributed by atoms with Crippen LogP contribution in [-0.4, -0.2) is 25.8 Å². The van der Waals surface area contributed by atoms with Gasteiger partial charge in [0.05, 0.1) is 32.3 Å². The Morgan fingerprint density at radius 3 is 2.42 bits per heavy atom. The van der Waals surface area contributed by atoms with E-state index in [0.717, 1.165) is 33.2 Å². The number of carbonyl (C=O) groups excluding carboxylic acids is 2. The first-order valence-electron chi connectivity index (χ1n) is 14.0. The number of aryl methyl sites for hydroxylation is 1. The summed E-state index contributed by atoms with van der Waals surface area (Å²) in [5.74, 6) is -0.267. The van der Waals surface area contributed by atoms with Crippen LogP contribution in [0.2, 0.25) is 0 Å². The normalized spacial score (nSPS) is 11.2. The van der Waals surface area contributed by atoms with Gasteiger partial charge in [0, 0.05) is 18.5 Å².